The second-order valence-electron chi connectivity index (χ2n) is 5.72. The number of nitrogens with one attached hydrogen (secondary N) is 2. The number of benzene rings is 1. The van der Waals surface area contributed by atoms with Crippen LogP contribution in [0, 0.1) is 0 Å². The van der Waals surface area contributed by atoms with Crippen molar-refractivity contribution in [2.75, 3.05) is 26.7 Å². The Morgan fingerprint density at radius 1 is 1.31 bits per heavy atom. The number of ether oxygens (including phenoxy) is 1. The van der Waals surface area contributed by atoms with Gasteiger partial charge < -0.3 is 19.9 Å². The summed E-state index contributed by atoms with van der Waals surface area (Å²) in [5, 5.41) is 14.6. The van der Waals surface area contributed by atoms with Crippen molar-refractivity contribution in [2.24, 2.45) is 4.99 Å². The summed E-state index contributed by atoms with van der Waals surface area (Å²) < 4.78 is 7.23. The van der Waals surface area contributed by atoms with Gasteiger partial charge in [0.25, 0.3) is 0 Å². The van der Waals surface area contributed by atoms with Crippen LogP contribution in [0.4, 0.5) is 0 Å². The van der Waals surface area contributed by atoms with Gasteiger partial charge in [-0.2, -0.15) is 0 Å². The summed E-state index contributed by atoms with van der Waals surface area (Å²) in [6.07, 6.45) is 5.32. The van der Waals surface area contributed by atoms with E-state index in [1.165, 1.54) is 5.56 Å². The highest BCUT2D eigenvalue weighted by Gasteiger charge is 2.02. The minimum atomic E-state index is 0.668. The fourth-order valence-corrected chi connectivity index (χ4v) is 2.47. The molecule has 0 unspecified atom stereocenters. The van der Waals surface area contributed by atoms with Gasteiger partial charge in [-0.15, -0.1) is 16.8 Å². The van der Waals surface area contributed by atoms with E-state index in [0.29, 0.717) is 13.1 Å². The van der Waals surface area contributed by atoms with E-state index >= 15 is 0 Å². The Labute approximate surface area is 155 Å². The molecule has 7 nitrogen and oxygen atoms in total. The third-order valence-corrected chi connectivity index (χ3v) is 3.90. The molecule has 2 aromatic rings. The van der Waals surface area contributed by atoms with Crippen molar-refractivity contribution in [3.63, 3.8) is 0 Å². The first-order chi connectivity index (χ1) is 12.8. The van der Waals surface area contributed by atoms with Crippen molar-refractivity contribution in [3.8, 4) is 5.75 Å². The highest BCUT2D eigenvalue weighted by atomic mass is 16.5. The van der Waals surface area contributed by atoms with Crippen LogP contribution in [0.1, 0.15) is 18.3 Å². The molecule has 0 aliphatic carbocycles. The number of methoxy groups -OCH3 is 1. The fraction of sp³-hybridized carbons (Fsp3) is 0.421. The normalized spacial score (nSPS) is 11.2. The summed E-state index contributed by atoms with van der Waals surface area (Å²) in [6.45, 7) is 8.73. The predicted molar refractivity (Wildman–Crippen MR) is 105 cm³/mol. The van der Waals surface area contributed by atoms with Crippen LogP contribution in [0.3, 0.4) is 0 Å². The number of aliphatic imine (C=N–C) groups is 1. The van der Waals surface area contributed by atoms with E-state index in [1.54, 1.807) is 13.4 Å². The Balaban J connectivity index is 1.84. The summed E-state index contributed by atoms with van der Waals surface area (Å²) in [6, 6.07) is 8.07. The van der Waals surface area contributed by atoms with Crippen molar-refractivity contribution < 1.29 is 4.74 Å². The zero-order chi connectivity index (χ0) is 18.6. The molecule has 0 saturated carbocycles. The molecule has 0 atom stereocenters. The zero-order valence-corrected chi connectivity index (χ0v) is 15.6. The van der Waals surface area contributed by atoms with Crippen LogP contribution in [-0.4, -0.2) is 47.5 Å². The lowest BCUT2D eigenvalue weighted by atomic mass is 10.1. The molecule has 0 aliphatic rings. The molecule has 0 fully saturated rings. The summed E-state index contributed by atoms with van der Waals surface area (Å²) in [5.41, 5.74) is 1.23. The lowest BCUT2D eigenvalue weighted by Gasteiger charge is -2.12. The van der Waals surface area contributed by atoms with Crippen LogP contribution >= 0.6 is 0 Å². The quantitative estimate of drug-likeness (QED) is 0.386. The van der Waals surface area contributed by atoms with Gasteiger partial charge in [0.05, 0.1) is 7.11 Å². The van der Waals surface area contributed by atoms with Crippen molar-refractivity contribution in [1.29, 1.82) is 0 Å². The first-order valence-electron chi connectivity index (χ1n) is 8.89. The minimum absolute atomic E-state index is 0.668. The molecular formula is C19H28N6O. The number of hydrogen-bond donors (Lipinski definition) is 2. The van der Waals surface area contributed by atoms with Gasteiger partial charge in [0.2, 0.25) is 0 Å². The second kappa shape index (κ2) is 10.9. The Morgan fingerprint density at radius 3 is 2.81 bits per heavy atom. The van der Waals surface area contributed by atoms with Gasteiger partial charge in [0, 0.05) is 32.6 Å². The van der Waals surface area contributed by atoms with Gasteiger partial charge in [-0.25, -0.2) is 0 Å². The van der Waals surface area contributed by atoms with Gasteiger partial charge in [0.15, 0.2) is 5.96 Å². The van der Waals surface area contributed by atoms with Crippen LogP contribution in [0.25, 0.3) is 0 Å². The van der Waals surface area contributed by atoms with E-state index in [2.05, 4.69) is 56.0 Å². The lowest BCUT2D eigenvalue weighted by molar-refractivity contribution is 0.414. The van der Waals surface area contributed by atoms with E-state index in [1.807, 2.05) is 18.2 Å². The van der Waals surface area contributed by atoms with Gasteiger partial charge >= 0.3 is 0 Å². The number of guanidine groups is 1. The highest BCUT2D eigenvalue weighted by molar-refractivity contribution is 5.79. The number of nitrogens with zero attached hydrogens (tertiary/aromatic N) is 4. The molecular weight excluding hydrogens is 328 g/mol. The molecule has 2 rings (SSSR count). The molecule has 0 aliphatic heterocycles. The van der Waals surface area contributed by atoms with Gasteiger partial charge in [-0.05, 0) is 24.1 Å². The summed E-state index contributed by atoms with van der Waals surface area (Å²) in [4.78, 5) is 4.64. The van der Waals surface area contributed by atoms with E-state index in [4.69, 9.17) is 4.74 Å². The van der Waals surface area contributed by atoms with Gasteiger partial charge in [-0.1, -0.05) is 25.1 Å². The largest absolute Gasteiger partial charge is 0.497 e. The molecule has 1 heterocycles. The standard InChI is InChI=1S/C19H28N6O/c1-4-11-20-19(22-13-14-25-15-23-24-18(25)5-2)21-12-10-16-6-8-17(26-3)9-7-16/h4,6-9,15H,1,5,10-14H2,2-3H3,(H2,20,21,22). The number of rotatable bonds is 10. The average Bonchev–Trinajstić information content (AvgIpc) is 3.13. The first-order valence-corrected chi connectivity index (χ1v) is 8.89. The van der Waals surface area contributed by atoms with Crippen LogP contribution in [0.5, 0.6) is 5.75 Å². The van der Waals surface area contributed by atoms with E-state index in [0.717, 1.165) is 43.5 Å². The third kappa shape index (κ3) is 6.23. The smallest absolute Gasteiger partial charge is 0.191 e. The number of hydrogen-bond acceptors (Lipinski definition) is 4. The number of aryl methyl sites for hydroxylation is 1. The topological polar surface area (TPSA) is 76.4 Å². The first kappa shape index (κ1) is 19.5. The molecule has 7 heteroatoms. The lowest BCUT2D eigenvalue weighted by Crippen LogP contribution is -2.39. The molecule has 0 amide bonds. The van der Waals surface area contributed by atoms with E-state index < -0.39 is 0 Å². The van der Waals surface area contributed by atoms with Crippen LogP contribution in [0.2, 0.25) is 0 Å². The molecule has 0 radical (unpaired) electrons. The minimum Gasteiger partial charge on any atom is -0.497 e. The summed E-state index contributed by atoms with van der Waals surface area (Å²) in [7, 11) is 1.67. The Hall–Kier alpha value is -2.83. The van der Waals surface area contributed by atoms with Crippen LogP contribution in [0.15, 0.2) is 48.2 Å². The molecule has 1 aromatic carbocycles. The number of aromatic nitrogens is 3. The maximum Gasteiger partial charge on any atom is 0.191 e. The van der Waals surface area contributed by atoms with Crippen molar-refractivity contribution in [2.45, 2.75) is 26.3 Å². The van der Waals surface area contributed by atoms with Gasteiger partial charge in [0.1, 0.15) is 17.9 Å². The Morgan fingerprint density at radius 2 is 2.12 bits per heavy atom. The SMILES string of the molecule is C=CCNC(=NCCc1ccc(OC)cc1)NCCn1cnnc1CC. The molecule has 0 spiro atoms. The molecule has 0 saturated heterocycles. The third-order valence-electron chi connectivity index (χ3n) is 3.90. The van der Waals surface area contributed by atoms with Crippen molar-refractivity contribution in [3.05, 3.63) is 54.6 Å². The van der Waals surface area contributed by atoms with Crippen LogP contribution < -0.4 is 15.4 Å². The Bertz CT molecular complexity index is 692. The maximum atomic E-state index is 5.18. The molecule has 2 N–H and O–H groups in total. The van der Waals surface area contributed by atoms with Gasteiger partial charge in [-0.3, -0.25) is 4.99 Å². The molecule has 140 valence electrons. The molecule has 0 bridgehead atoms. The van der Waals surface area contributed by atoms with Crippen molar-refractivity contribution >= 4 is 5.96 Å². The Kier molecular flexibility index (Phi) is 8.18. The average molecular weight is 356 g/mol. The summed E-state index contributed by atoms with van der Waals surface area (Å²) >= 11 is 0. The zero-order valence-electron chi connectivity index (χ0n) is 15.6. The van der Waals surface area contributed by atoms with Crippen LogP contribution in [-0.2, 0) is 19.4 Å². The maximum absolute atomic E-state index is 5.18. The predicted octanol–water partition coefficient (Wildman–Crippen LogP) is 1.81. The van der Waals surface area contributed by atoms with Crippen molar-refractivity contribution in [1.82, 2.24) is 25.4 Å². The van der Waals surface area contributed by atoms with E-state index in [9.17, 15) is 0 Å². The second-order valence-corrected chi connectivity index (χ2v) is 5.72. The summed E-state index contributed by atoms with van der Waals surface area (Å²) in [5.74, 6) is 2.64. The monoisotopic (exact) mass is 356 g/mol. The molecule has 1 aromatic heterocycles. The fourth-order valence-electron chi connectivity index (χ4n) is 2.47. The molecule has 26 heavy (non-hydrogen) atoms. The van der Waals surface area contributed by atoms with E-state index in [-0.39, 0.29) is 0 Å². The highest BCUT2D eigenvalue weighted by Crippen LogP contribution is 2.11.